The fourth-order valence-electron chi connectivity index (χ4n) is 1.84. The number of aryl methyl sites for hydroxylation is 1. The first-order chi connectivity index (χ1) is 7.18. The summed E-state index contributed by atoms with van der Waals surface area (Å²) in [4.78, 5) is 0. The van der Waals surface area contributed by atoms with Gasteiger partial charge in [-0.15, -0.1) is 0 Å². The zero-order valence-corrected chi connectivity index (χ0v) is 9.94. The summed E-state index contributed by atoms with van der Waals surface area (Å²) < 4.78 is 18.8. The fourth-order valence-corrected chi connectivity index (χ4v) is 2.49. The summed E-state index contributed by atoms with van der Waals surface area (Å²) in [6.45, 7) is 3.08. The lowest BCUT2D eigenvalue weighted by atomic mass is 9.86. The highest BCUT2D eigenvalue weighted by atomic mass is 35.5. The molecule has 1 saturated heterocycles. The summed E-state index contributed by atoms with van der Waals surface area (Å²) in [7, 11) is 0. The molecule has 0 atom stereocenters. The maximum atomic E-state index is 10.7. The molecule has 0 unspecified atom stereocenters. The van der Waals surface area contributed by atoms with Crippen molar-refractivity contribution >= 4 is 23.5 Å². The first-order valence-electron chi connectivity index (χ1n) is 4.62. The van der Waals surface area contributed by atoms with Gasteiger partial charge in [0.05, 0.1) is 25.1 Å². The molecule has 1 aliphatic heterocycles. The lowest BCUT2D eigenvalue weighted by Crippen LogP contribution is -2.56. The summed E-state index contributed by atoms with van der Waals surface area (Å²) in [6.07, 6.45) is 0. The smallest absolute Gasteiger partial charge is 0.102 e. The van der Waals surface area contributed by atoms with E-state index in [0.29, 0.717) is 18.2 Å². The predicted octanol–water partition coefficient (Wildman–Crippen LogP) is 1.32. The first-order valence-corrected chi connectivity index (χ1v) is 5.81. The number of benzene rings is 1. The van der Waals surface area contributed by atoms with Crippen LogP contribution in [0.4, 0.5) is 0 Å². The summed E-state index contributed by atoms with van der Waals surface area (Å²) in [5, 5.41) is 0.714. The van der Waals surface area contributed by atoms with Crippen molar-refractivity contribution in [2.75, 3.05) is 13.2 Å². The van der Waals surface area contributed by atoms with Crippen LogP contribution < -0.4 is 4.72 Å². The van der Waals surface area contributed by atoms with Crippen LogP contribution in [0.5, 0.6) is 0 Å². The van der Waals surface area contributed by atoms with Crippen LogP contribution in [0, 0.1) is 6.92 Å². The van der Waals surface area contributed by atoms with Gasteiger partial charge in [0.1, 0.15) is 5.54 Å². The van der Waals surface area contributed by atoms with E-state index in [9.17, 15) is 4.21 Å². The minimum absolute atomic E-state index is 0.0737. The third-order valence-electron chi connectivity index (χ3n) is 2.66. The molecule has 1 heterocycles. The van der Waals surface area contributed by atoms with Gasteiger partial charge in [0, 0.05) is 5.02 Å². The number of thiol groups is 1. The van der Waals surface area contributed by atoms with E-state index >= 15 is 0 Å². The number of nitrogens with one attached hydrogen (secondary N) is 1. The molecular weight excluding hydrogens is 234 g/mol. The first kappa shape index (κ1) is 11.1. The van der Waals surface area contributed by atoms with Crippen molar-refractivity contribution in [3.8, 4) is 0 Å². The molecule has 0 aliphatic carbocycles. The van der Waals surface area contributed by atoms with Crippen molar-refractivity contribution in [1.82, 2.24) is 4.72 Å². The van der Waals surface area contributed by atoms with E-state index in [-0.39, 0.29) is 17.4 Å². The molecule has 82 valence electrons. The molecule has 1 aliphatic rings. The third kappa shape index (κ3) is 1.95. The maximum absolute atomic E-state index is 10.7. The topological polar surface area (TPSA) is 38.3 Å². The number of hydrogen-bond donors (Lipinski definition) is 2. The van der Waals surface area contributed by atoms with Gasteiger partial charge in [-0.1, -0.05) is 17.7 Å². The van der Waals surface area contributed by atoms with Crippen molar-refractivity contribution < 1.29 is 8.95 Å². The Balaban J connectivity index is 2.38. The Kier molecular flexibility index (Phi) is 3.11. The van der Waals surface area contributed by atoms with Gasteiger partial charge in [-0.05, 0) is 30.2 Å². The van der Waals surface area contributed by atoms with Gasteiger partial charge >= 0.3 is 0 Å². The molecule has 3 nitrogen and oxygen atoms in total. The van der Waals surface area contributed by atoms with E-state index in [1.807, 2.05) is 25.1 Å². The van der Waals surface area contributed by atoms with Crippen LogP contribution >= 0.6 is 11.6 Å². The van der Waals surface area contributed by atoms with E-state index < -0.39 is 0 Å². The highest BCUT2D eigenvalue weighted by Crippen LogP contribution is 2.32. The standard InChI is InChI=1S/C10H12ClNO2S/c1-7-4-8(11)2-3-9(7)10(12-15-13)5-14-6-10/h2-4,15H,5-6H2,1H3,(H,12,13). The quantitative estimate of drug-likeness (QED) is 0.789. The Labute approximate surface area is 97.4 Å². The normalized spacial score (nSPS) is 18.5. The number of rotatable bonds is 3. The van der Waals surface area contributed by atoms with Gasteiger partial charge in [0.2, 0.25) is 0 Å². The molecule has 0 amide bonds. The fraction of sp³-hybridized carbons (Fsp3) is 0.400. The van der Waals surface area contributed by atoms with Crippen LogP contribution in [0.15, 0.2) is 18.2 Å². The average molecular weight is 246 g/mol. The van der Waals surface area contributed by atoms with E-state index in [2.05, 4.69) is 4.72 Å². The SMILES string of the molecule is Cc1cc(Cl)ccc1C1(N[SH]=O)COC1. The van der Waals surface area contributed by atoms with Crippen LogP contribution in [0.3, 0.4) is 0 Å². The number of ether oxygens (including phenoxy) is 1. The molecule has 15 heavy (non-hydrogen) atoms. The van der Waals surface area contributed by atoms with Gasteiger partial charge in [-0.3, -0.25) is 0 Å². The molecule has 0 spiro atoms. The second kappa shape index (κ2) is 4.22. The summed E-state index contributed by atoms with van der Waals surface area (Å²) in [5.41, 5.74) is 1.88. The molecular formula is C10H12ClNO2S. The minimum atomic E-state index is -0.308. The van der Waals surface area contributed by atoms with Gasteiger partial charge in [0.25, 0.3) is 0 Å². The second-order valence-corrected chi connectivity index (χ2v) is 4.58. The van der Waals surface area contributed by atoms with Crippen molar-refractivity contribution in [2.45, 2.75) is 12.5 Å². The lowest BCUT2D eigenvalue weighted by Gasteiger charge is -2.41. The molecule has 0 radical (unpaired) electrons. The van der Waals surface area contributed by atoms with Gasteiger partial charge in [-0.25, -0.2) is 8.93 Å². The Morgan fingerprint density at radius 1 is 1.53 bits per heavy atom. The Bertz CT molecular complexity index is 393. The van der Waals surface area contributed by atoms with Crippen molar-refractivity contribution in [1.29, 1.82) is 0 Å². The van der Waals surface area contributed by atoms with E-state index in [1.165, 1.54) is 0 Å². The minimum Gasteiger partial charge on any atom is -0.377 e. The monoisotopic (exact) mass is 245 g/mol. The molecule has 0 aromatic heterocycles. The largest absolute Gasteiger partial charge is 0.377 e. The summed E-state index contributed by atoms with van der Waals surface area (Å²) in [6, 6.07) is 5.70. The van der Waals surface area contributed by atoms with Crippen molar-refractivity contribution in [2.24, 2.45) is 0 Å². The van der Waals surface area contributed by atoms with Crippen LogP contribution in [-0.4, -0.2) is 17.4 Å². The van der Waals surface area contributed by atoms with Crippen molar-refractivity contribution in [3.63, 3.8) is 0 Å². The van der Waals surface area contributed by atoms with E-state index in [0.717, 1.165) is 11.1 Å². The van der Waals surface area contributed by atoms with Crippen LogP contribution in [0.25, 0.3) is 0 Å². The highest BCUT2D eigenvalue weighted by molar-refractivity contribution is 7.63. The Morgan fingerprint density at radius 2 is 2.27 bits per heavy atom. The van der Waals surface area contributed by atoms with E-state index in [1.54, 1.807) is 0 Å². The summed E-state index contributed by atoms with van der Waals surface area (Å²) >= 11 is 5.82. The molecule has 0 saturated carbocycles. The summed E-state index contributed by atoms with van der Waals surface area (Å²) in [5.74, 6) is 0. The molecule has 1 aromatic carbocycles. The zero-order chi connectivity index (χ0) is 10.9. The number of halogens is 1. The highest BCUT2D eigenvalue weighted by Gasteiger charge is 2.41. The van der Waals surface area contributed by atoms with Gasteiger partial charge in [0.15, 0.2) is 0 Å². The second-order valence-electron chi connectivity index (χ2n) is 3.74. The predicted molar refractivity (Wildman–Crippen MR) is 61.4 cm³/mol. The Hall–Kier alpha value is -0.420. The molecule has 0 bridgehead atoms. The Morgan fingerprint density at radius 3 is 2.73 bits per heavy atom. The molecule has 1 fully saturated rings. The van der Waals surface area contributed by atoms with Crippen LogP contribution in [0.2, 0.25) is 5.02 Å². The van der Waals surface area contributed by atoms with Crippen LogP contribution in [0.1, 0.15) is 11.1 Å². The van der Waals surface area contributed by atoms with E-state index in [4.69, 9.17) is 16.3 Å². The third-order valence-corrected chi connectivity index (χ3v) is 3.42. The van der Waals surface area contributed by atoms with Crippen molar-refractivity contribution in [3.05, 3.63) is 34.3 Å². The average Bonchev–Trinajstić information content (AvgIpc) is 2.12. The van der Waals surface area contributed by atoms with Crippen LogP contribution in [-0.2, 0) is 22.1 Å². The molecule has 1 aromatic rings. The zero-order valence-electron chi connectivity index (χ0n) is 8.29. The molecule has 5 heteroatoms. The molecule has 1 N–H and O–H groups in total. The van der Waals surface area contributed by atoms with Gasteiger partial charge in [-0.2, -0.15) is 0 Å². The maximum Gasteiger partial charge on any atom is 0.102 e. The molecule has 2 rings (SSSR count). The van der Waals surface area contributed by atoms with Gasteiger partial charge < -0.3 is 4.74 Å². The number of hydrogen-bond acceptors (Lipinski definition) is 2. The lowest BCUT2D eigenvalue weighted by molar-refractivity contribution is -0.0656.